The Morgan fingerprint density at radius 3 is 2.94 bits per heavy atom. The van der Waals surface area contributed by atoms with E-state index in [2.05, 4.69) is 10.6 Å². The van der Waals surface area contributed by atoms with Crippen molar-refractivity contribution < 1.29 is 9.90 Å². The number of thiophene rings is 1. The molecule has 0 aliphatic rings. The molecule has 0 bridgehead atoms. The van der Waals surface area contributed by atoms with Gasteiger partial charge in [0.25, 0.3) is 0 Å². The van der Waals surface area contributed by atoms with E-state index in [9.17, 15) is 4.79 Å². The third kappa shape index (κ3) is 5.81. The van der Waals surface area contributed by atoms with E-state index in [0.29, 0.717) is 0 Å². The summed E-state index contributed by atoms with van der Waals surface area (Å²) in [5, 5.41) is 16.8. The molecule has 1 aromatic heterocycles. The van der Waals surface area contributed by atoms with Crippen LogP contribution in [0.5, 0.6) is 0 Å². The molecule has 0 aromatic carbocycles. The molecule has 1 amide bonds. The summed E-state index contributed by atoms with van der Waals surface area (Å²) in [6, 6.07) is 1.93. The van der Waals surface area contributed by atoms with E-state index in [1.165, 1.54) is 6.92 Å². The first kappa shape index (κ1) is 14.2. The van der Waals surface area contributed by atoms with Gasteiger partial charge in [-0.25, -0.2) is 0 Å². The topological polar surface area (TPSA) is 61.4 Å². The number of hydrogen-bond donors (Lipinski definition) is 3. The summed E-state index contributed by atoms with van der Waals surface area (Å²) in [5.41, 5.74) is 0.908. The van der Waals surface area contributed by atoms with Crippen molar-refractivity contribution in [1.82, 2.24) is 5.32 Å². The zero-order chi connectivity index (χ0) is 12.5. The first-order chi connectivity index (χ1) is 8.24. The maximum Gasteiger partial charge on any atom is 0.221 e. The first-order valence-corrected chi connectivity index (χ1v) is 6.77. The molecule has 0 saturated heterocycles. The first-order valence-electron chi connectivity index (χ1n) is 5.89. The Kier molecular flexibility index (Phi) is 6.84. The van der Waals surface area contributed by atoms with Gasteiger partial charge in [-0.15, -0.1) is 11.3 Å². The SMILES string of the molecule is CC(=O)Nc1ccsc1CNCCCCCO. The summed E-state index contributed by atoms with van der Waals surface area (Å²) >= 11 is 1.64. The molecule has 4 nitrogen and oxygen atoms in total. The van der Waals surface area contributed by atoms with Crippen LogP contribution < -0.4 is 10.6 Å². The molecule has 1 heterocycles. The van der Waals surface area contributed by atoms with Crippen LogP contribution in [0.1, 0.15) is 31.1 Å². The average molecular weight is 256 g/mol. The van der Waals surface area contributed by atoms with Gasteiger partial charge in [0.2, 0.25) is 5.91 Å². The second-order valence-corrected chi connectivity index (χ2v) is 4.90. The predicted octanol–water partition coefficient (Wildman–Crippen LogP) is 1.96. The molecule has 0 aliphatic heterocycles. The highest BCUT2D eigenvalue weighted by Crippen LogP contribution is 2.21. The zero-order valence-corrected chi connectivity index (χ0v) is 11.0. The molecule has 5 heteroatoms. The largest absolute Gasteiger partial charge is 0.396 e. The smallest absolute Gasteiger partial charge is 0.221 e. The Hall–Kier alpha value is -0.910. The number of hydrogen-bond acceptors (Lipinski definition) is 4. The Morgan fingerprint density at radius 2 is 2.24 bits per heavy atom. The van der Waals surface area contributed by atoms with Crippen LogP contribution in [0.15, 0.2) is 11.4 Å². The van der Waals surface area contributed by atoms with Gasteiger partial charge in [0.05, 0.1) is 5.69 Å². The lowest BCUT2D eigenvalue weighted by molar-refractivity contribution is -0.114. The monoisotopic (exact) mass is 256 g/mol. The zero-order valence-electron chi connectivity index (χ0n) is 10.2. The van der Waals surface area contributed by atoms with Crippen LogP contribution >= 0.6 is 11.3 Å². The minimum Gasteiger partial charge on any atom is -0.396 e. The van der Waals surface area contributed by atoms with Crippen LogP contribution in [0.25, 0.3) is 0 Å². The fraction of sp³-hybridized carbons (Fsp3) is 0.583. The van der Waals surface area contributed by atoms with Gasteiger partial charge >= 0.3 is 0 Å². The quantitative estimate of drug-likeness (QED) is 0.623. The Bertz CT molecular complexity index is 339. The summed E-state index contributed by atoms with van der Waals surface area (Å²) in [6.07, 6.45) is 2.99. The number of aliphatic hydroxyl groups is 1. The lowest BCUT2D eigenvalue weighted by atomic mass is 10.2. The van der Waals surface area contributed by atoms with Crippen molar-refractivity contribution >= 4 is 22.9 Å². The number of amides is 1. The summed E-state index contributed by atoms with van der Waals surface area (Å²) in [4.78, 5) is 12.1. The van der Waals surface area contributed by atoms with Gasteiger partial charge in [-0.3, -0.25) is 4.79 Å². The van der Waals surface area contributed by atoms with E-state index in [1.54, 1.807) is 11.3 Å². The van der Waals surface area contributed by atoms with Gasteiger partial charge in [0, 0.05) is 25.0 Å². The summed E-state index contributed by atoms with van der Waals surface area (Å²) in [5.74, 6) is -0.0346. The lowest BCUT2D eigenvalue weighted by Gasteiger charge is -2.06. The minimum absolute atomic E-state index is 0.0346. The van der Waals surface area contributed by atoms with Crippen LogP contribution in [0.2, 0.25) is 0 Å². The second kappa shape index (κ2) is 8.22. The average Bonchev–Trinajstić information content (AvgIpc) is 2.70. The molecule has 0 unspecified atom stereocenters. The minimum atomic E-state index is -0.0346. The Balaban J connectivity index is 2.22. The van der Waals surface area contributed by atoms with Crippen LogP contribution in [0.4, 0.5) is 5.69 Å². The number of anilines is 1. The van der Waals surface area contributed by atoms with Gasteiger partial charge in [0.15, 0.2) is 0 Å². The second-order valence-electron chi connectivity index (χ2n) is 3.90. The number of rotatable bonds is 8. The molecular formula is C12H20N2O2S. The molecule has 0 spiro atoms. The van der Waals surface area contributed by atoms with Gasteiger partial charge in [-0.05, 0) is 37.3 Å². The number of carbonyl (C=O) groups is 1. The van der Waals surface area contributed by atoms with E-state index in [-0.39, 0.29) is 12.5 Å². The predicted molar refractivity (Wildman–Crippen MR) is 71.3 cm³/mol. The van der Waals surface area contributed by atoms with Crippen LogP contribution in [0.3, 0.4) is 0 Å². The standard InChI is InChI=1S/C12H20N2O2S/c1-10(16)14-11-5-8-17-12(11)9-13-6-3-2-4-7-15/h5,8,13,15H,2-4,6-7,9H2,1H3,(H,14,16). The summed E-state index contributed by atoms with van der Waals surface area (Å²) < 4.78 is 0. The molecule has 1 aromatic rings. The molecule has 96 valence electrons. The fourth-order valence-electron chi connectivity index (χ4n) is 1.52. The molecule has 0 radical (unpaired) electrons. The normalized spacial score (nSPS) is 10.5. The number of carbonyl (C=O) groups excluding carboxylic acids is 1. The summed E-state index contributed by atoms with van der Waals surface area (Å²) in [7, 11) is 0. The van der Waals surface area contributed by atoms with Crippen molar-refractivity contribution in [2.45, 2.75) is 32.7 Å². The van der Waals surface area contributed by atoms with Crippen molar-refractivity contribution in [2.75, 3.05) is 18.5 Å². The highest BCUT2D eigenvalue weighted by molar-refractivity contribution is 7.10. The third-order valence-electron chi connectivity index (χ3n) is 2.35. The maximum absolute atomic E-state index is 11.0. The molecule has 0 saturated carbocycles. The molecule has 17 heavy (non-hydrogen) atoms. The van der Waals surface area contributed by atoms with Crippen molar-refractivity contribution in [3.8, 4) is 0 Å². The van der Waals surface area contributed by atoms with Crippen molar-refractivity contribution in [3.05, 3.63) is 16.3 Å². The number of aliphatic hydroxyl groups excluding tert-OH is 1. The van der Waals surface area contributed by atoms with E-state index in [1.807, 2.05) is 11.4 Å². The summed E-state index contributed by atoms with van der Waals surface area (Å²) in [6.45, 7) is 3.52. The number of nitrogens with one attached hydrogen (secondary N) is 2. The van der Waals surface area contributed by atoms with Crippen LogP contribution in [-0.4, -0.2) is 24.2 Å². The van der Waals surface area contributed by atoms with E-state index in [4.69, 9.17) is 5.11 Å². The van der Waals surface area contributed by atoms with Gasteiger partial charge in [-0.1, -0.05) is 0 Å². The lowest BCUT2D eigenvalue weighted by Crippen LogP contribution is -2.15. The van der Waals surface area contributed by atoms with Gasteiger partial charge in [0.1, 0.15) is 0 Å². The molecule has 3 N–H and O–H groups in total. The fourth-order valence-corrected chi connectivity index (χ4v) is 2.32. The number of unbranched alkanes of at least 4 members (excludes halogenated alkanes) is 2. The van der Waals surface area contributed by atoms with Gasteiger partial charge < -0.3 is 15.7 Å². The van der Waals surface area contributed by atoms with Crippen molar-refractivity contribution in [1.29, 1.82) is 0 Å². The van der Waals surface area contributed by atoms with Crippen LogP contribution in [0, 0.1) is 0 Å². The van der Waals surface area contributed by atoms with E-state index >= 15 is 0 Å². The molecule has 1 rings (SSSR count). The highest BCUT2D eigenvalue weighted by Gasteiger charge is 2.04. The molecular weight excluding hydrogens is 236 g/mol. The Morgan fingerprint density at radius 1 is 1.41 bits per heavy atom. The van der Waals surface area contributed by atoms with E-state index < -0.39 is 0 Å². The third-order valence-corrected chi connectivity index (χ3v) is 3.27. The van der Waals surface area contributed by atoms with Crippen molar-refractivity contribution in [3.63, 3.8) is 0 Å². The Labute approximate surface area is 106 Å². The van der Waals surface area contributed by atoms with E-state index in [0.717, 1.165) is 42.9 Å². The maximum atomic E-state index is 11.0. The highest BCUT2D eigenvalue weighted by atomic mass is 32.1. The van der Waals surface area contributed by atoms with Gasteiger partial charge in [-0.2, -0.15) is 0 Å². The molecule has 0 aliphatic carbocycles. The van der Waals surface area contributed by atoms with Crippen molar-refractivity contribution in [2.24, 2.45) is 0 Å². The molecule has 0 atom stereocenters. The molecule has 0 fully saturated rings. The van der Waals surface area contributed by atoms with Crippen LogP contribution in [-0.2, 0) is 11.3 Å².